The van der Waals surface area contributed by atoms with Crippen LogP contribution in [-0.2, 0) is 0 Å². The maximum absolute atomic E-state index is 10.7. The van der Waals surface area contributed by atoms with Gasteiger partial charge < -0.3 is 4.42 Å². The number of nitro groups is 1. The average Bonchev–Trinajstić information content (AvgIpc) is 3.27. The number of rotatable bonds is 6. The molecular formula is C17H14N4O3S. The molecule has 0 aliphatic carbocycles. The Labute approximate surface area is 147 Å². The summed E-state index contributed by atoms with van der Waals surface area (Å²) in [5.41, 5.74) is 1.55. The van der Waals surface area contributed by atoms with Gasteiger partial charge in [-0.2, -0.15) is 5.10 Å². The van der Waals surface area contributed by atoms with Crippen LogP contribution in [0.2, 0.25) is 0 Å². The zero-order valence-electron chi connectivity index (χ0n) is 13.1. The molecule has 0 saturated heterocycles. The second kappa shape index (κ2) is 7.54. The highest BCUT2D eigenvalue weighted by atomic mass is 32.1. The number of aromatic nitrogens is 1. The molecule has 0 atom stereocenters. The second-order valence-electron chi connectivity index (χ2n) is 4.92. The summed E-state index contributed by atoms with van der Waals surface area (Å²) in [6.07, 6.45) is 4.92. The number of nitro benzene ring substituents is 1. The number of benzene rings is 1. The zero-order valence-corrected chi connectivity index (χ0v) is 13.9. The Balaban J connectivity index is 1.98. The van der Waals surface area contributed by atoms with Crippen molar-refractivity contribution in [1.82, 2.24) is 4.68 Å². The Hall–Kier alpha value is -3.26. The lowest BCUT2D eigenvalue weighted by Gasteiger charge is -2.00. The number of nitrogens with zero attached hydrogens (tertiary/aromatic N) is 4. The molecule has 0 bridgehead atoms. The van der Waals surface area contributed by atoms with Gasteiger partial charge in [0.05, 0.1) is 23.9 Å². The van der Waals surface area contributed by atoms with Gasteiger partial charge in [-0.1, -0.05) is 6.08 Å². The molecule has 2 aromatic heterocycles. The minimum atomic E-state index is -0.435. The molecule has 3 aromatic rings. The van der Waals surface area contributed by atoms with Crippen LogP contribution in [0.4, 0.5) is 5.69 Å². The van der Waals surface area contributed by atoms with E-state index in [0.29, 0.717) is 17.1 Å². The van der Waals surface area contributed by atoms with Crippen LogP contribution in [0.25, 0.3) is 11.5 Å². The summed E-state index contributed by atoms with van der Waals surface area (Å²) in [5, 5.41) is 17.1. The molecule has 0 aliphatic heterocycles. The number of furan rings is 1. The van der Waals surface area contributed by atoms with Crippen LogP contribution in [0.3, 0.4) is 0 Å². The van der Waals surface area contributed by atoms with Crippen LogP contribution in [-0.4, -0.2) is 22.4 Å². The predicted octanol–water partition coefficient (Wildman–Crippen LogP) is 3.69. The van der Waals surface area contributed by atoms with E-state index in [-0.39, 0.29) is 5.69 Å². The van der Waals surface area contributed by atoms with Crippen LogP contribution in [0.5, 0.6) is 0 Å². The first kappa shape index (κ1) is 16.6. The van der Waals surface area contributed by atoms with Gasteiger partial charge in [0, 0.05) is 17.5 Å². The molecule has 126 valence electrons. The van der Waals surface area contributed by atoms with Crippen LogP contribution >= 0.6 is 11.3 Å². The predicted molar refractivity (Wildman–Crippen MR) is 96.7 cm³/mol. The van der Waals surface area contributed by atoms with E-state index in [1.807, 2.05) is 11.4 Å². The molecule has 0 aliphatic rings. The highest BCUT2D eigenvalue weighted by molar-refractivity contribution is 7.07. The van der Waals surface area contributed by atoms with Crippen molar-refractivity contribution in [1.29, 1.82) is 0 Å². The molecule has 0 saturated carbocycles. The first-order valence-electron chi connectivity index (χ1n) is 7.33. The Kier molecular flexibility index (Phi) is 5.00. The summed E-state index contributed by atoms with van der Waals surface area (Å²) in [4.78, 5) is 15.4. The van der Waals surface area contributed by atoms with Gasteiger partial charge in [0.1, 0.15) is 5.69 Å². The molecule has 2 heterocycles. The SMILES string of the molecule is C=CCN=c1scc(-c2ccco2)n1N=Cc1ccc([N+](=O)[O-])cc1. The first-order valence-corrected chi connectivity index (χ1v) is 8.21. The van der Waals surface area contributed by atoms with Gasteiger partial charge in [-0.25, -0.2) is 4.68 Å². The van der Waals surface area contributed by atoms with Crippen LogP contribution in [0.1, 0.15) is 5.56 Å². The Bertz CT molecular complexity index is 966. The van der Waals surface area contributed by atoms with Gasteiger partial charge in [0.25, 0.3) is 5.69 Å². The minimum absolute atomic E-state index is 0.0401. The lowest BCUT2D eigenvalue weighted by Crippen LogP contribution is -2.12. The van der Waals surface area contributed by atoms with Crippen molar-refractivity contribution in [3.05, 3.63) is 81.2 Å². The van der Waals surface area contributed by atoms with E-state index in [4.69, 9.17) is 4.42 Å². The molecule has 0 radical (unpaired) electrons. The number of hydrogen-bond donors (Lipinski definition) is 0. The summed E-state index contributed by atoms with van der Waals surface area (Å²) < 4.78 is 7.12. The highest BCUT2D eigenvalue weighted by Gasteiger charge is 2.09. The molecule has 0 amide bonds. The fourth-order valence-electron chi connectivity index (χ4n) is 2.06. The number of thiazole rings is 1. The lowest BCUT2D eigenvalue weighted by atomic mass is 10.2. The van der Waals surface area contributed by atoms with E-state index >= 15 is 0 Å². The lowest BCUT2D eigenvalue weighted by molar-refractivity contribution is -0.384. The van der Waals surface area contributed by atoms with Gasteiger partial charge in [-0.05, 0) is 29.8 Å². The topological polar surface area (TPSA) is 85.9 Å². The highest BCUT2D eigenvalue weighted by Crippen LogP contribution is 2.20. The van der Waals surface area contributed by atoms with Crippen LogP contribution in [0, 0.1) is 10.1 Å². The Morgan fingerprint density at radius 3 is 2.76 bits per heavy atom. The van der Waals surface area contributed by atoms with Gasteiger partial charge in [0.15, 0.2) is 5.76 Å². The van der Waals surface area contributed by atoms with Gasteiger partial charge >= 0.3 is 0 Å². The summed E-state index contributed by atoms with van der Waals surface area (Å²) in [6, 6.07) is 9.81. The van der Waals surface area contributed by atoms with E-state index in [1.54, 1.807) is 41.4 Å². The quantitative estimate of drug-likeness (QED) is 0.293. The number of hydrogen-bond acceptors (Lipinski definition) is 6. The standard InChI is InChI=1S/C17H14N4O3S/c1-2-9-18-17-20(15(12-25-17)16-4-3-10-24-16)19-11-13-5-7-14(8-6-13)21(22)23/h2-8,10-12H,1,9H2. The molecule has 0 unspecified atom stereocenters. The summed E-state index contributed by atoms with van der Waals surface area (Å²) in [6.45, 7) is 4.15. The first-order chi connectivity index (χ1) is 12.2. The van der Waals surface area contributed by atoms with Crippen molar-refractivity contribution < 1.29 is 9.34 Å². The van der Waals surface area contributed by atoms with Crippen molar-refractivity contribution in [2.75, 3.05) is 6.54 Å². The third kappa shape index (κ3) is 3.81. The van der Waals surface area contributed by atoms with Crippen molar-refractivity contribution >= 4 is 23.2 Å². The summed E-state index contributed by atoms with van der Waals surface area (Å²) in [5.74, 6) is 0.678. The van der Waals surface area contributed by atoms with Crippen molar-refractivity contribution in [3.63, 3.8) is 0 Å². The van der Waals surface area contributed by atoms with Gasteiger partial charge in [-0.3, -0.25) is 15.1 Å². The van der Waals surface area contributed by atoms with Crippen LogP contribution < -0.4 is 4.80 Å². The Morgan fingerprint density at radius 1 is 1.32 bits per heavy atom. The van der Waals surface area contributed by atoms with Crippen molar-refractivity contribution in [2.24, 2.45) is 10.1 Å². The molecule has 25 heavy (non-hydrogen) atoms. The van der Waals surface area contributed by atoms with Gasteiger partial charge in [0.2, 0.25) is 4.80 Å². The molecule has 7 nitrogen and oxygen atoms in total. The minimum Gasteiger partial charge on any atom is -0.463 e. The van der Waals surface area contributed by atoms with E-state index < -0.39 is 4.92 Å². The normalized spacial score (nSPS) is 11.9. The van der Waals surface area contributed by atoms with Crippen molar-refractivity contribution in [3.8, 4) is 11.5 Å². The maximum atomic E-state index is 10.7. The Morgan fingerprint density at radius 2 is 2.12 bits per heavy atom. The van der Waals surface area contributed by atoms with E-state index in [1.165, 1.54) is 23.5 Å². The molecule has 0 fully saturated rings. The molecule has 0 spiro atoms. The fraction of sp³-hybridized carbons (Fsp3) is 0.0588. The third-order valence-electron chi connectivity index (χ3n) is 3.24. The summed E-state index contributed by atoms with van der Waals surface area (Å²) >= 11 is 1.44. The third-order valence-corrected chi connectivity index (χ3v) is 4.09. The largest absolute Gasteiger partial charge is 0.463 e. The van der Waals surface area contributed by atoms with E-state index in [9.17, 15) is 10.1 Å². The molecular weight excluding hydrogens is 340 g/mol. The van der Waals surface area contributed by atoms with Crippen molar-refractivity contribution in [2.45, 2.75) is 0 Å². The molecule has 1 aromatic carbocycles. The van der Waals surface area contributed by atoms with E-state index in [0.717, 1.165) is 11.3 Å². The smallest absolute Gasteiger partial charge is 0.269 e. The average molecular weight is 354 g/mol. The van der Waals surface area contributed by atoms with Gasteiger partial charge in [-0.15, -0.1) is 17.9 Å². The molecule has 3 rings (SSSR count). The van der Waals surface area contributed by atoms with E-state index in [2.05, 4.69) is 16.7 Å². The zero-order chi connectivity index (χ0) is 17.6. The number of non-ortho nitro benzene ring substituents is 1. The molecule has 8 heteroatoms. The van der Waals surface area contributed by atoms with Crippen LogP contribution in [0.15, 0.2) is 75.2 Å². The second-order valence-corrected chi connectivity index (χ2v) is 5.75. The fourth-order valence-corrected chi connectivity index (χ4v) is 2.89. The molecule has 0 N–H and O–H groups in total. The maximum Gasteiger partial charge on any atom is 0.269 e. The monoisotopic (exact) mass is 354 g/mol. The summed E-state index contributed by atoms with van der Waals surface area (Å²) in [7, 11) is 0.